The highest BCUT2D eigenvalue weighted by Crippen LogP contribution is 2.51. The number of hydrogen-bond acceptors (Lipinski definition) is 5. The first-order chi connectivity index (χ1) is 12.0. The van der Waals surface area contributed by atoms with Crippen LogP contribution >= 0.6 is 0 Å². The van der Waals surface area contributed by atoms with E-state index in [9.17, 15) is 20.1 Å². The van der Waals surface area contributed by atoms with Crippen LogP contribution in [0.3, 0.4) is 0 Å². The molecule has 1 aliphatic heterocycles. The van der Waals surface area contributed by atoms with Crippen molar-refractivity contribution >= 4 is 5.78 Å². The number of ether oxygens (including phenoxy) is 1. The van der Waals surface area contributed by atoms with E-state index >= 15 is 0 Å². The normalized spacial score (nSPS) is 34.0. The van der Waals surface area contributed by atoms with E-state index in [4.69, 9.17) is 4.74 Å². The summed E-state index contributed by atoms with van der Waals surface area (Å²) in [4.78, 5) is 12.3. The maximum absolute atomic E-state index is 12.3. The van der Waals surface area contributed by atoms with Crippen LogP contribution in [0.2, 0.25) is 0 Å². The molecular formula is C21H32O5. The lowest BCUT2D eigenvalue weighted by molar-refractivity contribution is -0.121. The third-order valence-corrected chi connectivity index (χ3v) is 6.47. The number of aliphatic hydroxyl groups excluding tert-OH is 2. The van der Waals surface area contributed by atoms with Gasteiger partial charge < -0.3 is 20.1 Å². The lowest BCUT2D eigenvalue weighted by Crippen LogP contribution is -2.44. The van der Waals surface area contributed by atoms with Gasteiger partial charge in [-0.05, 0) is 52.4 Å². The van der Waals surface area contributed by atoms with Crippen LogP contribution in [0.4, 0.5) is 0 Å². The quantitative estimate of drug-likeness (QED) is 0.653. The maximum atomic E-state index is 12.3. The highest BCUT2D eigenvalue weighted by atomic mass is 16.5. The van der Waals surface area contributed by atoms with Crippen molar-refractivity contribution in [1.29, 1.82) is 0 Å². The van der Waals surface area contributed by atoms with Crippen molar-refractivity contribution < 1.29 is 24.9 Å². The van der Waals surface area contributed by atoms with E-state index in [1.807, 2.05) is 0 Å². The van der Waals surface area contributed by atoms with Gasteiger partial charge in [0.25, 0.3) is 0 Å². The minimum Gasteiger partial charge on any atom is -0.488 e. The molecular weight excluding hydrogens is 332 g/mol. The molecule has 0 saturated carbocycles. The second kappa shape index (κ2) is 6.77. The van der Waals surface area contributed by atoms with Gasteiger partial charge in [0.15, 0.2) is 5.78 Å². The van der Waals surface area contributed by atoms with Crippen molar-refractivity contribution in [2.75, 3.05) is 0 Å². The molecule has 5 heteroatoms. The van der Waals surface area contributed by atoms with E-state index in [0.29, 0.717) is 37.0 Å². The molecule has 5 nitrogen and oxygen atoms in total. The van der Waals surface area contributed by atoms with Gasteiger partial charge in [-0.25, -0.2) is 0 Å². The second-order valence-electron chi connectivity index (χ2n) is 9.05. The number of Topliss-reactive ketones (excluding diaryl/α,β-unsaturated/α-hetero) is 1. The molecule has 0 spiro atoms. The Labute approximate surface area is 155 Å². The zero-order valence-corrected chi connectivity index (χ0v) is 16.3. The Morgan fingerprint density at radius 3 is 2.73 bits per heavy atom. The molecule has 0 amide bonds. The predicted octanol–water partition coefficient (Wildman–Crippen LogP) is 2.64. The molecule has 0 aromatic heterocycles. The average molecular weight is 364 g/mol. The van der Waals surface area contributed by atoms with Gasteiger partial charge in [-0.15, -0.1) is 0 Å². The fourth-order valence-electron chi connectivity index (χ4n) is 4.56. The van der Waals surface area contributed by atoms with Gasteiger partial charge in [0.1, 0.15) is 17.5 Å². The number of hydrogen-bond donors (Lipinski definition) is 3. The molecule has 3 rings (SSSR count). The SMILES string of the molecule is C[C@@H](CC[C@H](O)C(C)(C)O)C1=CC[C@@]2(C)OC3=C(C[C@@H]12)C(=O)CC[C@H]3O. The Morgan fingerprint density at radius 2 is 2.08 bits per heavy atom. The van der Waals surface area contributed by atoms with E-state index in [1.165, 1.54) is 5.57 Å². The first-order valence-corrected chi connectivity index (χ1v) is 9.76. The highest BCUT2D eigenvalue weighted by molar-refractivity contribution is 5.97. The molecule has 26 heavy (non-hydrogen) atoms. The number of fused-ring (bicyclic) bond motifs is 1. The van der Waals surface area contributed by atoms with Gasteiger partial charge in [-0.3, -0.25) is 4.79 Å². The molecule has 146 valence electrons. The van der Waals surface area contributed by atoms with Crippen molar-refractivity contribution in [2.24, 2.45) is 11.8 Å². The molecule has 3 aliphatic rings. The van der Waals surface area contributed by atoms with Crippen molar-refractivity contribution in [1.82, 2.24) is 0 Å². The van der Waals surface area contributed by atoms with E-state index in [0.717, 1.165) is 12.8 Å². The Balaban J connectivity index is 1.73. The number of carbonyl (C=O) groups is 1. The molecule has 0 radical (unpaired) electrons. The van der Waals surface area contributed by atoms with E-state index in [2.05, 4.69) is 19.9 Å². The number of aliphatic hydroxyl groups is 3. The molecule has 3 N–H and O–H groups in total. The third-order valence-electron chi connectivity index (χ3n) is 6.47. The molecule has 0 fully saturated rings. The van der Waals surface area contributed by atoms with Crippen LogP contribution in [-0.4, -0.2) is 44.5 Å². The molecule has 2 aliphatic carbocycles. The van der Waals surface area contributed by atoms with Gasteiger partial charge in [0.2, 0.25) is 0 Å². The van der Waals surface area contributed by atoms with Gasteiger partial charge in [-0.1, -0.05) is 18.6 Å². The third kappa shape index (κ3) is 3.49. The Kier molecular flexibility index (Phi) is 5.10. The molecule has 0 saturated heterocycles. The topological polar surface area (TPSA) is 87.0 Å². The zero-order chi connectivity index (χ0) is 19.3. The zero-order valence-electron chi connectivity index (χ0n) is 16.3. The van der Waals surface area contributed by atoms with E-state index in [1.54, 1.807) is 13.8 Å². The Hall–Kier alpha value is -1.17. The van der Waals surface area contributed by atoms with Crippen LogP contribution in [0, 0.1) is 11.8 Å². The summed E-state index contributed by atoms with van der Waals surface area (Å²) in [5.74, 6) is 0.974. The summed E-state index contributed by atoms with van der Waals surface area (Å²) in [6.07, 6.45) is 4.32. The summed E-state index contributed by atoms with van der Waals surface area (Å²) < 4.78 is 6.21. The standard InChI is InChI=1S/C21H32O5/c1-12(5-8-18(24)20(2,3)25)13-9-10-21(4)15(13)11-14-16(22)6-7-17(23)19(14)26-21/h9,12,15,17-18,23-25H,5-8,10-11H2,1-4H3/t12-,15-,17+,18-,21+/m0/s1. The van der Waals surface area contributed by atoms with Crippen LogP contribution in [0.1, 0.15) is 66.2 Å². The summed E-state index contributed by atoms with van der Waals surface area (Å²) in [5.41, 5.74) is 0.435. The van der Waals surface area contributed by atoms with Crippen LogP contribution in [0.5, 0.6) is 0 Å². The number of carbonyl (C=O) groups excluding carboxylic acids is 1. The predicted molar refractivity (Wildman–Crippen MR) is 98.3 cm³/mol. The molecule has 5 atom stereocenters. The first kappa shape index (κ1) is 19.6. The second-order valence-corrected chi connectivity index (χ2v) is 9.05. The van der Waals surface area contributed by atoms with Crippen LogP contribution < -0.4 is 0 Å². The van der Waals surface area contributed by atoms with Crippen molar-refractivity contribution in [3.8, 4) is 0 Å². The fourth-order valence-corrected chi connectivity index (χ4v) is 4.56. The summed E-state index contributed by atoms with van der Waals surface area (Å²) >= 11 is 0. The highest BCUT2D eigenvalue weighted by Gasteiger charge is 2.50. The maximum Gasteiger partial charge on any atom is 0.162 e. The van der Waals surface area contributed by atoms with Crippen LogP contribution in [0.15, 0.2) is 23.0 Å². The first-order valence-electron chi connectivity index (χ1n) is 9.76. The molecule has 0 unspecified atom stereocenters. The largest absolute Gasteiger partial charge is 0.488 e. The molecule has 1 heterocycles. The Morgan fingerprint density at radius 1 is 1.38 bits per heavy atom. The minimum absolute atomic E-state index is 0.101. The monoisotopic (exact) mass is 364 g/mol. The van der Waals surface area contributed by atoms with Crippen molar-refractivity contribution in [3.63, 3.8) is 0 Å². The van der Waals surface area contributed by atoms with Crippen molar-refractivity contribution in [2.45, 2.75) is 89.6 Å². The molecule has 0 bridgehead atoms. The lowest BCUT2D eigenvalue weighted by Gasteiger charge is -2.43. The lowest BCUT2D eigenvalue weighted by atomic mass is 9.73. The van der Waals surface area contributed by atoms with Gasteiger partial charge in [0, 0.05) is 24.3 Å². The minimum atomic E-state index is -1.10. The summed E-state index contributed by atoms with van der Waals surface area (Å²) in [6, 6.07) is 0. The van der Waals surface area contributed by atoms with Crippen LogP contribution in [0.25, 0.3) is 0 Å². The average Bonchev–Trinajstić information content (AvgIpc) is 2.90. The summed E-state index contributed by atoms with van der Waals surface area (Å²) in [7, 11) is 0. The Bertz CT molecular complexity index is 641. The molecule has 0 aromatic rings. The fraction of sp³-hybridized carbons (Fsp3) is 0.762. The number of ketones is 1. The van der Waals surface area contributed by atoms with Gasteiger partial charge in [-0.2, -0.15) is 0 Å². The number of rotatable bonds is 5. The van der Waals surface area contributed by atoms with E-state index in [-0.39, 0.29) is 17.6 Å². The van der Waals surface area contributed by atoms with Gasteiger partial charge in [0.05, 0.1) is 11.7 Å². The van der Waals surface area contributed by atoms with Gasteiger partial charge >= 0.3 is 0 Å². The van der Waals surface area contributed by atoms with Crippen molar-refractivity contribution in [3.05, 3.63) is 23.0 Å². The molecule has 0 aromatic carbocycles. The number of allylic oxidation sites excluding steroid dienone is 1. The van der Waals surface area contributed by atoms with E-state index < -0.39 is 23.4 Å². The smallest absolute Gasteiger partial charge is 0.162 e. The summed E-state index contributed by atoms with van der Waals surface area (Å²) in [5, 5.41) is 30.3. The summed E-state index contributed by atoms with van der Waals surface area (Å²) in [6.45, 7) is 7.44. The van der Waals surface area contributed by atoms with Crippen LogP contribution in [-0.2, 0) is 9.53 Å².